The minimum Gasteiger partial charge on any atom is -0.478 e. The van der Waals surface area contributed by atoms with Crippen LogP contribution in [0.2, 0.25) is 0 Å². The normalized spacial score (nSPS) is 11.0. The number of carboxylic acids is 2. The molecule has 0 aliphatic heterocycles. The van der Waals surface area contributed by atoms with E-state index >= 15 is 0 Å². The zero-order valence-corrected chi connectivity index (χ0v) is 12.2. The predicted molar refractivity (Wildman–Crippen MR) is 74.5 cm³/mol. The van der Waals surface area contributed by atoms with Crippen LogP contribution in [0.1, 0.15) is 53.5 Å². The molecule has 1 rings (SSSR count). The number of carboxylic acid groups (broad SMARTS) is 2. The molecular weight excluding hydrogens is 276 g/mol. The molecule has 0 radical (unpaired) electrons. The second-order valence-corrected chi connectivity index (χ2v) is 5.53. The zero-order chi connectivity index (χ0) is 16.2. The molecule has 0 aliphatic carbocycles. The number of rotatable bonds is 5. The van der Waals surface area contributed by atoms with Crippen molar-refractivity contribution in [3.63, 3.8) is 0 Å². The molecule has 0 amide bonds. The van der Waals surface area contributed by atoms with Crippen molar-refractivity contribution in [2.45, 2.75) is 39.2 Å². The Kier molecular flexibility index (Phi) is 5.07. The summed E-state index contributed by atoms with van der Waals surface area (Å²) < 4.78 is 5.13. The van der Waals surface area contributed by atoms with Crippen LogP contribution >= 0.6 is 0 Å². The summed E-state index contributed by atoms with van der Waals surface area (Å²) in [7, 11) is 0. The molecule has 0 saturated heterocycles. The molecule has 0 atom stereocenters. The first kappa shape index (κ1) is 16.7. The van der Waals surface area contributed by atoms with E-state index in [0.29, 0.717) is 0 Å². The summed E-state index contributed by atoms with van der Waals surface area (Å²) in [5.41, 5.74) is -0.737. The fourth-order valence-corrected chi connectivity index (χ4v) is 1.88. The van der Waals surface area contributed by atoms with Gasteiger partial charge in [0, 0.05) is 6.42 Å². The summed E-state index contributed by atoms with van der Waals surface area (Å²) in [5, 5.41) is 18.2. The molecule has 6 heteroatoms. The quantitative estimate of drug-likeness (QED) is 0.808. The lowest BCUT2D eigenvalue weighted by molar-refractivity contribution is -0.154. The summed E-state index contributed by atoms with van der Waals surface area (Å²) in [6, 6.07) is 4.00. The second kappa shape index (κ2) is 6.39. The van der Waals surface area contributed by atoms with Gasteiger partial charge < -0.3 is 14.9 Å². The molecule has 0 bridgehead atoms. The van der Waals surface area contributed by atoms with E-state index in [-0.39, 0.29) is 29.5 Å². The molecule has 0 spiro atoms. The fraction of sp³-hybridized carbons (Fsp3) is 0.400. The van der Waals surface area contributed by atoms with Gasteiger partial charge in [-0.15, -0.1) is 0 Å². The van der Waals surface area contributed by atoms with Crippen molar-refractivity contribution in [2.24, 2.45) is 0 Å². The van der Waals surface area contributed by atoms with Crippen LogP contribution in [-0.2, 0) is 16.0 Å². The van der Waals surface area contributed by atoms with Crippen molar-refractivity contribution in [3.05, 3.63) is 34.9 Å². The van der Waals surface area contributed by atoms with E-state index in [2.05, 4.69) is 0 Å². The summed E-state index contributed by atoms with van der Waals surface area (Å²) in [5.74, 6) is -2.95. The molecule has 0 saturated carbocycles. The van der Waals surface area contributed by atoms with E-state index in [1.807, 2.05) is 0 Å². The van der Waals surface area contributed by atoms with Crippen molar-refractivity contribution in [2.75, 3.05) is 0 Å². The number of carbonyl (C=O) groups is 3. The summed E-state index contributed by atoms with van der Waals surface area (Å²) >= 11 is 0. The molecule has 0 heterocycles. The van der Waals surface area contributed by atoms with Gasteiger partial charge in [-0.05, 0) is 44.9 Å². The lowest BCUT2D eigenvalue weighted by Crippen LogP contribution is -2.24. The average Bonchev–Trinajstić information content (AvgIpc) is 2.33. The van der Waals surface area contributed by atoms with Crippen molar-refractivity contribution >= 4 is 17.9 Å². The maximum atomic E-state index is 11.7. The first-order valence-electron chi connectivity index (χ1n) is 6.42. The first-order chi connectivity index (χ1) is 9.61. The van der Waals surface area contributed by atoms with Gasteiger partial charge in [0.1, 0.15) is 5.60 Å². The number of benzene rings is 1. The molecule has 1 aromatic rings. The topological polar surface area (TPSA) is 101 Å². The third-order valence-corrected chi connectivity index (χ3v) is 2.64. The molecule has 2 N–H and O–H groups in total. The summed E-state index contributed by atoms with van der Waals surface area (Å²) in [4.78, 5) is 34.0. The van der Waals surface area contributed by atoms with Crippen LogP contribution in [0, 0.1) is 0 Å². The van der Waals surface area contributed by atoms with E-state index in [0.717, 1.165) is 0 Å². The van der Waals surface area contributed by atoms with Gasteiger partial charge in [-0.3, -0.25) is 4.79 Å². The van der Waals surface area contributed by atoms with E-state index in [1.54, 1.807) is 20.8 Å². The smallest absolute Gasteiger partial charge is 0.335 e. The van der Waals surface area contributed by atoms with E-state index < -0.39 is 23.5 Å². The molecule has 0 unspecified atom stereocenters. The van der Waals surface area contributed by atoms with Gasteiger partial charge in [0.2, 0.25) is 0 Å². The predicted octanol–water partition coefficient (Wildman–Crippen LogP) is 2.36. The van der Waals surface area contributed by atoms with Crippen molar-refractivity contribution in [3.8, 4) is 0 Å². The Morgan fingerprint density at radius 3 is 1.90 bits per heavy atom. The second-order valence-electron chi connectivity index (χ2n) is 5.53. The number of esters is 1. The third kappa shape index (κ3) is 4.91. The SMILES string of the molecule is CC(C)(C)OC(=O)CCc1c(C(=O)O)cccc1C(=O)O. The van der Waals surface area contributed by atoms with Crippen LogP contribution in [0.15, 0.2) is 18.2 Å². The van der Waals surface area contributed by atoms with E-state index in [4.69, 9.17) is 14.9 Å². The van der Waals surface area contributed by atoms with Gasteiger partial charge in [0.15, 0.2) is 0 Å². The minimum absolute atomic E-state index is 0.000972. The van der Waals surface area contributed by atoms with Gasteiger partial charge in [-0.25, -0.2) is 9.59 Å². The maximum Gasteiger partial charge on any atom is 0.335 e. The maximum absolute atomic E-state index is 11.7. The van der Waals surface area contributed by atoms with Crippen LogP contribution in [0.4, 0.5) is 0 Å². The van der Waals surface area contributed by atoms with E-state index in [1.165, 1.54) is 18.2 Å². The number of hydrogen-bond donors (Lipinski definition) is 2. The van der Waals surface area contributed by atoms with Crippen molar-refractivity contribution in [1.82, 2.24) is 0 Å². The van der Waals surface area contributed by atoms with Crippen LogP contribution < -0.4 is 0 Å². The van der Waals surface area contributed by atoms with Gasteiger partial charge in [0.25, 0.3) is 0 Å². The van der Waals surface area contributed by atoms with Crippen LogP contribution in [0.25, 0.3) is 0 Å². The van der Waals surface area contributed by atoms with Crippen molar-refractivity contribution in [1.29, 1.82) is 0 Å². The monoisotopic (exact) mass is 294 g/mol. The Labute approximate surface area is 122 Å². The average molecular weight is 294 g/mol. The molecule has 0 aromatic heterocycles. The molecular formula is C15H18O6. The standard InChI is InChI=1S/C15H18O6/c1-15(2,3)21-12(16)8-7-9-10(13(17)18)5-4-6-11(9)14(19)20/h4-6H,7-8H2,1-3H3,(H,17,18)(H,19,20). The molecule has 21 heavy (non-hydrogen) atoms. The summed E-state index contributed by atoms with van der Waals surface area (Å²) in [6.07, 6.45) is -0.0825. The zero-order valence-electron chi connectivity index (χ0n) is 12.2. The number of ether oxygens (including phenoxy) is 1. The van der Waals surface area contributed by atoms with Gasteiger partial charge in [-0.2, -0.15) is 0 Å². The van der Waals surface area contributed by atoms with Gasteiger partial charge >= 0.3 is 17.9 Å². The first-order valence-corrected chi connectivity index (χ1v) is 6.42. The molecule has 0 aliphatic rings. The van der Waals surface area contributed by atoms with Gasteiger partial charge in [-0.1, -0.05) is 6.07 Å². The molecule has 1 aromatic carbocycles. The van der Waals surface area contributed by atoms with Gasteiger partial charge in [0.05, 0.1) is 11.1 Å². The number of hydrogen-bond acceptors (Lipinski definition) is 4. The summed E-state index contributed by atoms with van der Waals surface area (Å²) in [6.45, 7) is 5.16. The number of carbonyl (C=O) groups excluding carboxylic acids is 1. The largest absolute Gasteiger partial charge is 0.478 e. The Balaban J connectivity index is 2.98. The van der Waals surface area contributed by atoms with Crippen LogP contribution in [0.5, 0.6) is 0 Å². The van der Waals surface area contributed by atoms with Crippen LogP contribution in [-0.4, -0.2) is 33.7 Å². The Bertz CT molecular complexity index is 536. The van der Waals surface area contributed by atoms with E-state index in [9.17, 15) is 14.4 Å². The minimum atomic E-state index is -1.22. The molecule has 0 fully saturated rings. The highest BCUT2D eigenvalue weighted by molar-refractivity contribution is 5.96. The lowest BCUT2D eigenvalue weighted by atomic mass is 9.97. The molecule has 6 nitrogen and oxygen atoms in total. The van der Waals surface area contributed by atoms with Crippen molar-refractivity contribution < 1.29 is 29.3 Å². The highest BCUT2D eigenvalue weighted by Crippen LogP contribution is 2.19. The number of aromatic carboxylic acids is 2. The third-order valence-electron chi connectivity index (χ3n) is 2.64. The van der Waals surface area contributed by atoms with Crippen LogP contribution in [0.3, 0.4) is 0 Å². The lowest BCUT2D eigenvalue weighted by Gasteiger charge is -2.19. The highest BCUT2D eigenvalue weighted by atomic mass is 16.6. The Morgan fingerprint density at radius 2 is 1.52 bits per heavy atom. The highest BCUT2D eigenvalue weighted by Gasteiger charge is 2.21. The molecule has 114 valence electrons. The Hall–Kier alpha value is -2.37. The fourth-order valence-electron chi connectivity index (χ4n) is 1.88. The Morgan fingerprint density at radius 1 is 1.05 bits per heavy atom.